The fraction of sp³-hybridized carbons (Fsp3) is 0.583. The molecule has 4 heteroatoms. The summed E-state index contributed by atoms with van der Waals surface area (Å²) in [7, 11) is 0. The molecule has 0 radical (unpaired) electrons. The Morgan fingerprint density at radius 3 is 2.81 bits per heavy atom. The maximum atomic E-state index is 11.3. The molecule has 0 aromatic carbocycles. The number of carbonyl (C=O) groups is 1. The standard InChI is InChI=1S/C12H17NO2S/c1-8(10-4-3-7-16-10)13-12(2,11(14)15)9-5-6-9/h3-4,7-9,13H,5-6H2,1-2H3,(H,14,15). The maximum Gasteiger partial charge on any atom is 0.323 e. The van der Waals surface area contributed by atoms with Crippen molar-refractivity contribution in [3.05, 3.63) is 22.4 Å². The van der Waals surface area contributed by atoms with Crippen LogP contribution in [0.2, 0.25) is 0 Å². The van der Waals surface area contributed by atoms with E-state index in [2.05, 4.69) is 5.32 Å². The summed E-state index contributed by atoms with van der Waals surface area (Å²) in [5.74, 6) is -0.453. The van der Waals surface area contributed by atoms with Gasteiger partial charge in [-0.15, -0.1) is 11.3 Å². The van der Waals surface area contributed by atoms with Gasteiger partial charge in [0.2, 0.25) is 0 Å². The van der Waals surface area contributed by atoms with E-state index in [9.17, 15) is 9.90 Å². The summed E-state index contributed by atoms with van der Waals surface area (Å²) in [4.78, 5) is 12.5. The van der Waals surface area contributed by atoms with Gasteiger partial charge in [0.05, 0.1) is 0 Å². The number of hydrogen-bond donors (Lipinski definition) is 2. The van der Waals surface area contributed by atoms with E-state index in [0.717, 1.165) is 12.8 Å². The summed E-state index contributed by atoms with van der Waals surface area (Å²) in [5.41, 5.74) is -0.774. The first-order chi connectivity index (χ1) is 7.54. The maximum absolute atomic E-state index is 11.3. The molecule has 2 unspecified atom stereocenters. The normalized spacial score (nSPS) is 21.4. The average molecular weight is 239 g/mol. The van der Waals surface area contributed by atoms with Gasteiger partial charge in [0, 0.05) is 10.9 Å². The largest absolute Gasteiger partial charge is 0.480 e. The molecule has 2 N–H and O–H groups in total. The van der Waals surface area contributed by atoms with Crippen LogP contribution in [0.1, 0.15) is 37.6 Å². The lowest BCUT2D eigenvalue weighted by Gasteiger charge is -2.29. The van der Waals surface area contributed by atoms with Gasteiger partial charge >= 0.3 is 5.97 Å². The quantitative estimate of drug-likeness (QED) is 0.830. The van der Waals surface area contributed by atoms with Gasteiger partial charge in [0.1, 0.15) is 5.54 Å². The second-order valence-electron chi connectivity index (χ2n) is 4.66. The lowest BCUT2D eigenvalue weighted by atomic mass is 9.94. The first-order valence-electron chi connectivity index (χ1n) is 5.58. The Morgan fingerprint density at radius 2 is 2.38 bits per heavy atom. The van der Waals surface area contributed by atoms with Crippen LogP contribution in [0.25, 0.3) is 0 Å². The molecule has 16 heavy (non-hydrogen) atoms. The van der Waals surface area contributed by atoms with Crippen LogP contribution in [-0.2, 0) is 4.79 Å². The van der Waals surface area contributed by atoms with E-state index in [-0.39, 0.29) is 12.0 Å². The highest BCUT2D eigenvalue weighted by Crippen LogP contribution is 2.41. The van der Waals surface area contributed by atoms with E-state index in [1.54, 1.807) is 18.3 Å². The smallest absolute Gasteiger partial charge is 0.323 e. The van der Waals surface area contributed by atoms with Gasteiger partial charge in [-0.1, -0.05) is 6.07 Å². The first-order valence-corrected chi connectivity index (χ1v) is 6.46. The van der Waals surface area contributed by atoms with E-state index in [0.29, 0.717) is 0 Å². The van der Waals surface area contributed by atoms with E-state index < -0.39 is 11.5 Å². The fourth-order valence-electron chi connectivity index (χ4n) is 2.07. The van der Waals surface area contributed by atoms with Crippen molar-refractivity contribution in [3.63, 3.8) is 0 Å². The van der Waals surface area contributed by atoms with Crippen molar-refractivity contribution in [2.24, 2.45) is 5.92 Å². The van der Waals surface area contributed by atoms with Crippen molar-refractivity contribution in [3.8, 4) is 0 Å². The van der Waals surface area contributed by atoms with Gasteiger partial charge in [-0.3, -0.25) is 10.1 Å². The molecule has 0 amide bonds. The Kier molecular flexibility index (Phi) is 3.04. The molecule has 0 bridgehead atoms. The van der Waals surface area contributed by atoms with Crippen molar-refractivity contribution in [2.75, 3.05) is 0 Å². The van der Waals surface area contributed by atoms with Crippen LogP contribution in [0, 0.1) is 5.92 Å². The van der Waals surface area contributed by atoms with Crippen LogP contribution in [0.4, 0.5) is 0 Å². The number of carboxylic acids is 1. The SMILES string of the molecule is CC(NC(C)(C(=O)O)C1CC1)c1cccs1. The number of rotatable bonds is 5. The zero-order valence-electron chi connectivity index (χ0n) is 9.56. The summed E-state index contributed by atoms with van der Waals surface area (Å²) in [5, 5.41) is 14.6. The Balaban J connectivity index is 2.09. The second kappa shape index (κ2) is 4.18. The van der Waals surface area contributed by atoms with Crippen LogP contribution >= 0.6 is 11.3 Å². The van der Waals surface area contributed by atoms with Crippen molar-refractivity contribution in [1.82, 2.24) is 5.32 Å². The second-order valence-corrected chi connectivity index (χ2v) is 5.64. The molecule has 2 rings (SSSR count). The molecule has 0 aliphatic heterocycles. The number of nitrogens with one attached hydrogen (secondary N) is 1. The number of hydrogen-bond acceptors (Lipinski definition) is 3. The molecule has 1 aromatic rings. The predicted octanol–water partition coefficient (Wildman–Crippen LogP) is 2.65. The molecule has 1 saturated carbocycles. The minimum atomic E-state index is -0.774. The fourth-order valence-corrected chi connectivity index (χ4v) is 2.81. The van der Waals surface area contributed by atoms with Crippen LogP contribution in [0.15, 0.2) is 17.5 Å². The molecule has 88 valence electrons. The van der Waals surface area contributed by atoms with Crippen molar-refractivity contribution in [1.29, 1.82) is 0 Å². The molecule has 1 fully saturated rings. The Morgan fingerprint density at radius 1 is 1.69 bits per heavy atom. The van der Waals surface area contributed by atoms with Crippen LogP contribution < -0.4 is 5.32 Å². The zero-order valence-corrected chi connectivity index (χ0v) is 10.4. The van der Waals surface area contributed by atoms with Gasteiger partial charge in [0.15, 0.2) is 0 Å². The Bertz CT molecular complexity index is 372. The van der Waals surface area contributed by atoms with Crippen molar-refractivity contribution >= 4 is 17.3 Å². The topological polar surface area (TPSA) is 49.3 Å². The van der Waals surface area contributed by atoms with Gasteiger partial charge in [0.25, 0.3) is 0 Å². The third-order valence-corrected chi connectivity index (χ3v) is 4.38. The number of aliphatic carboxylic acids is 1. The number of carboxylic acid groups (broad SMARTS) is 1. The van der Waals surface area contributed by atoms with Crippen LogP contribution in [0.3, 0.4) is 0 Å². The Labute approximate surface area is 99.5 Å². The third kappa shape index (κ3) is 2.13. The van der Waals surface area contributed by atoms with E-state index in [4.69, 9.17) is 0 Å². The first kappa shape index (κ1) is 11.6. The van der Waals surface area contributed by atoms with Gasteiger partial charge < -0.3 is 5.11 Å². The van der Waals surface area contributed by atoms with E-state index in [1.807, 2.05) is 24.4 Å². The molecular weight excluding hydrogens is 222 g/mol. The molecule has 1 aromatic heterocycles. The minimum Gasteiger partial charge on any atom is -0.480 e. The lowest BCUT2D eigenvalue weighted by Crippen LogP contribution is -2.52. The summed E-state index contributed by atoms with van der Waals surface area (Å²) >= 11 is 1.66. The van der Waals surface area contributed by atoms with Crippen LogP contribution in [-0.4, -0.2) is 16.6 Å². The molecule has 3 nitrogen and oxygen atoms in total. The molecule has 1 aliphatic rings. The van der Waals surface area contributed by atoms with E-state index >= 15 is 0 Å². The zero-order chi connectivity index (χ0) is 11.8. The highest BCUT2D eigenvalue weighted by atomic mass is 32.1. The predicted molar refractivity (Wildman–Crippen MR) is 64.6 cm³/mol. The van der Waals surface area contributed by atoms with E-state index in [1.165, 1.54) is 4.88 Å². The molecule has 0 spiro atoms. The molecule has 1 aliphatic carbocycles. The highest BCUT2D eigenvalue weighted by molar-refractivity contribution is 7.10. The molecular formula is C12H17NO2S. The van der Waals surface area contributed by atoms with Gasteiger partial charge in [-0.2, -0.15) is 0 Å². The van der Waals surface area contributed by atoms with Gasteiger partial charge in [-0.05, 0) is 44.1 Å². The third-order valence-electron chi connectivity index (χ3n) is 3.32. The minimum absolute atomic E-state index is 0.0988. The highest BCUT2D eigenvalue weighted by Gasteiger charge is 2.48. The molecule has 1 heterocycles. The molecule has 2 atom stereocenters. The lowest BCUT2D eigenvalue weighted by molar-refractivity contribution is -0.145. The summed E-state index contributed by atoms with van der Waals surface area (Å²) in [6.45, 7) is 3.83. The van der Waals surface area contributed by atoms with Crippen molar-refractivity contribution < 1.29 is 9.90 Å². The number of thiophene rings is 1. The van der Waals surface area contributed by atoms with Crippen molar-refractivity contribution in [2.45, 2.75) is 38.3 Å². The average Bonchev–Trinajstić information content (AvgIpc) is 2.94. The van der Waals surface area contributed by atoms with Crippen LogP contribution in [0.5, 0.6) is 0 Å². The summed E-state index contributed by atoms with van der Waals surface area (Å²) in [6.07, 6.45) is 2.04. The Hall–Kier alpha value is -0.870. The molecule has 0 saturated heterocycles. The monoisotopic (exact) mass is 239 g/mol. The summed E-state index contributed by atoms with van der Waals surface area (Å²) in [6, 6.07) is 4.13. The van der Waals surface area contributed by atoms with Gasteiger partial charge in [-0.25, -0.2) is 0 Å². The summed E-state index contributed by atoms with van der Waals surface area (Å²) < 4.78 is 0.